The molecule has 4 aliphatic heterocycles. The summed E-state index contributed by atoms with van der Waals surface area (Å²) in [6.07, 6.45) is 11.4. The van der Waals surface area contributed by atoms with E-state index >= 15 is 0 Å². The molecule has 9 aromatic rings. The molecular formula is C112H81F3N25NaO8S. The number of carbonyl (C=O) groups is 4. The first-order valence-electron chi connectivity index (χ1n) is 44.7. The average molecular weight is 2020 g/mol. The maximum absolute atomic E-state index is 12.7. The van der Waals surface area contributed by atoms with Crippen molar-refractivity contribution in [2.24, 2.45) is 26.4 Å². The topological polar surface area (TPSA) is 446 Å². The minimum absolute atomic E-state index is 0. The first-order valence-corrected chi connectivity index (χ1v) is 46.1. The van der Waals surface area contributed by atoms with Crippen molar-refractivity contribution >= 4 is 102 Å². The zero-order chi connectivity index (χ0) is 108. The van der Waals surface area contributed by atoms with Crippen LogP contribution in [-0.2, 0) is 59.8 Å². The number of methoxy groups -OCH3 is 1. The van der Waals surface area contributed by atoms with Crippen LogP contribution < -0.4 is 40.2 Å². The number of dihydropyridines is 1. The van der Waals surface area contributed by atoms with E-state index in [-0.39, 0.29) is 146 Å². The number of piperidine rings is 1. The SMILES string of the molecule is CC1=CCC2NC(=O)CC(C)(C)C2C1=O.CC1=Nn2c(nnc2-c2cccc(S(=O)(=O)[O-])c2)C1.COC=NC1=CC(=O)C(NC(C)=O)=NC1.[C-]#[N+]/C(C#N)=C1/C/C(=C(\C#N)[N+]#[C-])c2ccccc21.[C-]#[N+]/C(C#N)=C1/C=CCc2ccccc21.[C-]#[N+]/C(C#N)=C1/CCc2ccccc21.[C-]#[N+]C/C(=C(/C#N)[N+]#[C-])c1ccccc1.[C-]#[N+]C1=C(c2ccccc2)CC=C1c1ccccc1.[C-]#[N+]c1nn2c(c1C#N)C(C#N)=C(C(F)(F)F)C2.[Na+]. The molecule has 1 fully saturated rings. The number of aromatic nitrogens is 5. The van der Waals surface area contributed by atoms with Crippen LogP contribution in [0, 0.1) is 143 Å². The second kappa shape index (κ2) is 53.5. The van der Waals surface area contributed by atoms with Crippen molar-refractivity contribution in [1.82, 2.24) is 35.3 Å². The molecule has 18 rings (SSSR count). The van der Waals surface area contributed by atoms with Gasteiger partial charge >= 0.3 is 41.6 Å². The predicted molar refractivity (Wildman–Crippen MR) is 547 cm³/mol. The summed E-state index contributed by atoms with van der Waals surface area (Å²) in [6.45, 7) is 64.6. The maximum Gasteiger partial charge on any atom is 1.00 e. The smallest absolute Gasteiger partial charge is 0.744 e. The Kier molecular flexibility index (Phi) is 40.6. The number of carbonyl (C=O) groups excluding carboxylic acids is 4. The standard InChI is InChI=1S/C18H13N.C15H6N4.C13H8N2.C12H7N3.C12H8N2.C12H17NO2.C11H10N4O3S.C10H2F3N5.C9H11N3O3.Na/c1-19-18-16(14-8-4-2-5-9-14)12-13-17(18)15-10-6-3-7-11-15;1-18-14(8-16)12-7-13(15(9-17)19-2)11-6-4-3-5-10(11)12;1-15-13(9-14)12-8-4-6-10-5-2-3-7-11(10)12;1-14-9-11(12(8-13)15-2)10-6-4-3-5-7-10;1-14-12(8-13)11-7-6-9-4-2-3-5-10(9)11;1-7-4-5-8-10(11(7)15)12(2,3)6-9(14)13-8;1-7-5-10-12-13-11(15(10)14-7)8-3-2-4-9(6-8)19(16,17)18;1-16-9-6(3-15)8-5(2-14)7(10(11,12)13)4-18(8)17-9;1-6(13)12-9-8(14)3-7(4-10-9)11-5-15-2;/h2-12H,13H2;3-6H,7H2;2-5,7-8H,6H2;3-7H,9H2;2-5H,6-7H2;4,8,10H,5-6H2,1-3H3,(H,13,14);2-4,6H,5H2,1H3,(H,16,17,18);4H2;3,5H,4H2,1-2H3,(H,10,12,13);/q;;;;;;;;;+1/p-1/b;14-12-,15-13-;13-12-;12-11+;12-11-;;;;;. The summed E-state index contributed by atoms with van der Waals surface area (Å²) < 4.78 is 78.1. The number of nitriles is 7. The molecule has 33 nitrogen and oxygen atoms in total. The molecule has 0 radical (unpaired) electrons. The van der Waals surface area contributed by atoms with Gasteiger partial charge in [0.2, 0.25) is 24.1 Å². The van der Waals surface area contributed by atoms with Gasteiger partial charge < -0.3 is 29.6 Å². The molecule has 9 aliphatic rings. The Labute approximate surface area is 885 Å². The number of aryl methyl sites for hydroxylation is 1. The van der Waals surface area contributed by atoms with E-state index in [2.05, 4.69) is 121 Å². The summed E-state index contributed by atoms with van der Waals surface area (Å²) in [4.78, 5) is 79.0. The van der Waals surface area contributed by atoms with E-state index < -0.39 is 34.0 Å². The summed E-state index contributed by atoms with van der Waals surface area (Å²) in [7, 11) is -3.03. The number of nitrogens with zero attached hydrogens (tertiary/aromatic N) is 23. The molecule has 0 spiro atoms. The van der Waals surface area contributed by atoms with E-state index in [4.69, 9.17) is 89.4 Å². The van der Waals surface area contributed by atoms with Gasteiger partial charge in [0.1, 0.15) is 27.4 Å². The van der Waals surface area contributed by atoms with Crippen LogP contribution >= 0.6 is 0 Å². The molecule has 0 saturated carbocycles. The number of Topliss-reactive ketones (excluding diaryl/α,β-unsaturated/α-hetero) is 1. The maximum atomic E-state index is 12.7. The number of nitrogens with one attached hydrogen (secondary N) is 2. The fourth-order valence-corrected chi connectivity index (χ4v) is 17.2. The first-order chi connectivity index (χ1) is 71.6. The number of alkyl halides is 3. The predicted octanol–water partition coefficient (Wildman–Crippen LogP) is 17.6. The molecule has 7 aromatic carbocycles. The number of halogens is 3. The van der Waals surface area contributed by atoms with Crippen LogP contribution in [-0.4, -0.2) is 111 Å². The molecule has 2 aromatic heterocycles. The quantitative estimate of drug-likeness (QED) is 0.0356. The Bertz CT molecular complexity index is 8070. The molecule has 0 bridgehead atoms. The van der Waals surface area contributed by atoms with Crippen molar-refractivity contribution in [3.8, 4) is 53.9 Å². The molecule has 6 heterocycles. The average Bonchev–Trinajstić information content (AvgIpc) is 1.58. The molecule has 1 saturated heterocycles. The zero-order valence-electron chi connectivity index (χ0n) is 81.4. The van der Waals surface area contributed by atoms with E-state index in [9.17, 15) is 45.3 Å². The fraction of sp³-hybridized carbons (Fsp3) is 0.188. The van der Waals surface area contributed by atoms with Crippen molar-refractivity contribution in [3.05, 3.63) is 428 Å². The molecule has 730 valence electrons. The van der Waals surface area contributed by atoms with Crippen LogP contribution in [0.25, 0.3) is 94.7 Å². The van der Waals surface area contributed by atoms with Gasteiger partial charge in [0.15, 0.2) is 35.4 Å². The molecule has 150 heavy (non-hydrogen) atoms. The van der Waals surface area contributed by atoms with Gasteiger partial charge in [-0.1, -0.05) is 221 Å². The van der Waals surface area contributed by atoms with Crippen LogP contribution in [0.5, 0.6) is 0 Å². The van der Waals surface area contributed by atoms with Crippen LogP contribution in [0.2, 0.25) is 0 Å². The van der Waals surface area contributed by atoms with Crippen molar-refractivity contribution in [3.63, 3.8) is 0 Å². The summed E-state index contributed by atoms with van der Waals surface area (Å²) in [6, 6.07) is 70.7. The largest absolute Gasteiger partial charge is 1.00 e. The van der Waals surface area contributed by atoms with Gasteiger partial charge in [0, 0.05) is 49.1 Å². The Morgan fingerprint density at radius 3 is 1.78 bits per heavy atom. The van der Waals surface area contributed by atoms with Crippen LogP contribution in [0.1, 0.15) is 134 Å². The number of ketones is 2. The Balaban J connectivity index is 0.000000188. The van der Waals surface area contributed by atoms with Gasteiger partial charge in [-0.15, -0.1) is 10.2 Å². The van der Waals surface area contributed by atoms with Crippen molar-refractivity contribution < 1.29 is 79.6 Å². The number of ether oxygens (including phenoxy) is 1. The summed E-state index contributed by atoms with van der Waals surface area (Å²) >= 11 is 0. The Morgan fingerprint density at radius 2 is 1.24 bits per heavy atom. The molecular weight excluding hydrogens is 1940 g/mol. The normalized spacial score (nSPS) is 16.7. The fourth-order valence-electron chi connectivity index (χ4n) is 16.7. The molecule has 38 heteroatoms. The van der Waals surface area contributed by atoms with Gasteiger partial charge in [0.25, 0.3) is 28.5 Å². The van der Waals surface area contributed by atoms with E-state index in [0.29, 0.717) is 52.5 Å². The second-order valence-electron chi connectivity index (χ2n) is 33.3. The first kappa shape index (κ1) is 114. The van der Waals surface area contributed by atoms with Gasteiger partial charge in [-0.05, 0) is 164 Å². The number of hydrogen-bond donors (Lipinski definition) is 2. The number of allylic oxidation sites excluding steroid dienone is 17. The Hall–Kier alpha value is -19.8. The third-order valence-electron chi connectivity index (χ3n) is 23.4. The number of amidine groups is 1. The minimum Gasteiger partial charge on any atom is -0.744 e. The third kappa shape index (κ3) is 28.0. The molecule has 5 aliphatic carbocycles. The van der Waals surface area contributed by atoms with Crippen molar-refractivity contribution in [2.45, 2.75) is 110 Å². The third-order valence-corrected chi connectivity index (χ3v) is 24.2. The van der Waals surface area contributed by atoms with Crippen molar-refractivity contribution in [1.29, 1.82) is 36.8 Å². The number of rotatable bonds is 8. The monoisotopic (exact) mass is 2020 g/mol. The number of hydrogen-bond acceptors (Lipinski definition) is 21. The van der Waals surface area contributed by atoms with E-state index in [0.717, 1.165) is 115 Å². The van der Waals surface area contributed by atoms with Crippen LogP contribution in [0.3, 0.4) is 0 Å². The molecule has 2 amide bonds. The Morgan fingerprint density at radius 1 is 0.667 bits per heavy atom. The number of benzene rings is 7. The number of fused-ring (bicyclic) bond motifs is 6. The summed E-state index contributed by atoms with van der Waals surface area (Å²) in [5, 5.41) is 83.1. The molecule has 2 atom stereocenters. The number of amides is 2. The van der Waals surface area contributed by atoms with E-state index in [1.807, 2.05) is 185 Å². The van der Waals surface area contributed by atoms with Gasteiger partial charge in [-0.25, -0.2) is 75.4 Å². The van der Waals surface area contributed by atoms with E-state index in [1.165, 1.54) is 61.9 Å². The summed E-state index contributed by atoms with van der Waals surface area (Å²) in [5.41, 5.74) is 16.2. The van der Waals surface area contributed by atoms with Gasteiger partial charge in [-0.3, -0.25) is 24.2 Å². The van der Waals surface area contributed by atoms with E-state index in [1.54, 1.807) is 41.1 Å². The van der Waals surface area contributed by atoms with Gasteiger partial charge in [0.05, 0.1) is 123 Å². The van der Waals surface area contributed by atoms with Crippen LogP contribution in [0.15, 0.2) is 289 Å². The zero-order valence-corrected chi connectivity index (χ0v) is 84.2. The molecule has 2 unspecified atom stereocenters. The second-order valence-corrected chi connectivity index (χ2v) is 34.6. The number of aliphatic imine (C=N–C) groups is 2. The van der Waals surface area contributed by atoms with Crippen molar-refractivity contribution in [2.75, 3.05) is 20.2 Å². The molecule has 2 N–H and O–H groups in total. The summed E-state index contributed by atoms with van der Waals surface area (Å²) in [5.74, 6) is 0.443. The minimum atomic E-state index is -4.66. The van der Waals surface area contributed by atoms with Gasteiger partial charge in [-0.2, -0.15) is 38.2 Å². The van der Waals surface area contributed by atoms with Crippen LogP contribution in [0.4, 0.5) is 19.0 Å².